The predicted octanol–water partition coefficient (Wildman–Crippen LogP) is 3.83. The summed E-state index contributed by atoms with van der Waals surface area (Å²) >= 11 is 3.43. The Bertz CT molecular complexity index is 1070. The number of aromatic nitrogens is 2. The van der Waals surface area contributed by atoms with Gasteiger partial charge in [-0.25, -0.2) is 9.97 Å². The molecule has 1 unspecified atom stereocenters. The fourth-order valence-corrected chi connectivity index (χ4v) is 5.69. The van der Waals surface area contributed by atoms with Crippen LogP contribution in [-0.4, -0.2) is 59.0 Å². The minimum atomic E-state index is -0.0787. The van der Waals surface area contributed by atoms with Crippen molar-refractivity contribution in [3.63, 3.8) is 0 Å². The molecule has 1 aliphatic carbocycles. The third-order valence-corrected chi connectivity index (χ3v) is 8.18. The number of nitrogens with one attached hydrogen (secondary N) is 1. The highest BCUT2D eigenvalue weighted by molar-refractivity contribution is 7.19. The van der Waals surface area contributed by atoms with Crippen molar-refractivity contribution in [2.75, 3.05) is 31.1 Å². The topological polar surface area (TPSA) is 61.4 Å². The van der Waals surface area contributed by atoms with E-state index in [0.717, 1.165) is 60.4 Å². The van der Waals surface area contributed by atoms with Gasteiger partial charge in [0.1, 0.15) is 10.6 Å². The molecule has 6 nitrogen and oxygen atoms in total. The van der Waals surface area contributed by atoms with Gasteiger partial charge in [-0.2, -0.15) is 0 Å². The molecule has 2 aliphatic rings. The monoisotopic (exact) mass is 441 g/mol. The lowest BCUT2D eigenvalue weighted by atomic mass is 10.1. The minimum Gasteiger partial charge on any atom is -0.353 e. The van der Waals surface area contributed by atoms with Crippen molar-refractivity contribution in [2.24, 2.45) is 0 Å². The van der Waals surface area contributed by atoms with Gasteiger partial charge in [-0.05, 0) is 50.6 Å². The van der Waals surface area contributed by atoms with E-state index in [1.807, 2.05) is 13.0 Å². The van der Waals surface area contributed by atoms with Gasteiger partial charge in [-0.1, -0.05) is 6.07 Å². The first-order valence-electron chi connectivity index (χ1n) is 10.6. The van der Waals surface area contributed by atoms with E-state index in [1.54, 1.807) is 22.7 Å². The Morgan fingerprint density at radius 2 is 1.97 bits per heavy atom. The van der Waals surface area contributed by atoms with Crippen molar-refractivity contribution in [3.05, 3.63) is 28.0 Å². The fraction of sp³-hybridized carbons (Fsp3) is 0.500. The largest absolute Gasteiger partial charge is 0.353 e. The summed E-state index contributed by atoms with van der Waals surface area (Å²) in [5, 5.41) is 6.39. The molecule has 1 N–H and O–H groups in total. The summed E-state index contributed by atoms with van der Waals surface area (Å²) in [7, 11) is 0. The van der Waals surface area contributed by atoms with Crippen LogP contribution in [0, 0.1) is 13.8 Å². The molecule has 1 saturated carbocycles. The van der Waals surface area contributed by atoms with Gasteiger partial charge in [0.25, 0.3) is 0 Å². The Balaban J connectivity index is 1.40. The van der Waals surface area contributed by atoms with Crippen molar-refractivity contribution >= 4 is 44.6 Å². The molecular formula is C22H27N5OS2. The number of hydrogen-bond donors (Lipinski definition) is 1. The molecule has 1 saturated heterocycles. The lowest BCUT2D eigenvalue weighted by molar-refractivity contribution is -0.126. The smallest absolute Gasteiger partial charge is 0.237 e. The molecule has 30 heavy (non-hydrogen) atoms. The number of carbonyl (C=O) groups excluding carboxylic acids is 1. The van der Waals surface area contributed by atoms with E-state index in [2.05, 4.69) is 40.4 Å². The van der Waals surface area contributed by atoms with Crippen LogP contribution in [0.5, 0.6) is 0 Å². The number of carbonyl (C=O) groups is 1. The number of hydrogen-bond acceptors (Lipinski definition) is 7. The number of thiophene rings is 2. The Morgan fingerprint density at radius 1 is 1.20 bits per heavy atom. The van der Waals surface area contributed by atoms with Crippen LogP contribution in [-0.2, 0) is 4.79 Å². The Morgan fingerprint density at radius 3 is 2.63 bits per heavy atom. The molecule has 1 aliphatic heterocycles. The first-order chi connectivity index (χ1) is 14.5. The molecule has 0 spiro atoms. The van der Waals surface area contributed by atoms with Crippen LogP contribution < -0.4 is 10.2 Å². The molecule has 8 heteroatoms. The van der Waals surface area contributed by atoms with Crippen LogP contribution in [0.4, 0.5) is 5.82 Å². The molecule has 0 bridgehead atoms. The number of rotatable bonds is 5. The van der Waals surface area contributed by atoms with E-state index >= 15 is 0 Å². The molecule has 158 valence electrons. The maximum Gasteiger partial charge on any atom is 0.237 e. The fourth-order valence-electron chi connectivity index (χ4n) is 4.01. The first-order valence-corrected chi connectivity index (χ1v) is 12.3. The average Bonchev–Trinajstić information content (AvgIpc) is 3.29. The summed E-state index contributed by atoms with van der Waals surface area (Å²) in [6.45, 7) is 9.82. The minimum absolute atomic E-state index is 0.0787. The molecule has 4 heterocycles. The molecule has 5 rings (SSSR count). The number of anilines is 1. The van der Waals surface area contributed by atoms with Gasteiger partial charge < -0.3 is 10.2 Å². The van der Waals surface area contributed by atoms with Crippen LogP contribution in [0.1, 0.15) is 30.2 Å². The standard InChI is InChI=1S/C22H27N5OS2/c1-13-15(3)30-22-18(13)20(24-19(25-22)17-5-4-12-29-17)27-10-8-26(9-11-27)14(2)21(28)23-16-6-7-16/h4-5,12,14,16H,6-11H2,1-3H3,(H,23,28). The second kappa shape index (κ2) is 7.90. The highest BCUT2D eigenvalue weighted by atomic mass is 32.1. The molecule has 1 atom stereocenters. The molecule has 1 amide bonds. The number of aryl methyl sites for hydroxylation is 2. The third kappa shape index (κ3) is 3.72. The molecule has 3 aromatic heterocycles. The third-order valence-electron chi connectivity index (χ3n) is 6.22. The van der Waals surface area contributed by atoms with E-state index in [-0.39, 0.29) is 11.9 Å². The SMILES string of the molecule is Cc1sc2nc(-c3cccs3)nc(N3CCN(C(C)C(=O)NC4CC4)CC3)c2c1C. The van der Waals surface area contributed by atoms with Crippen LogP contribution in [0.2, 0.25) is 0 Å². The van der Waals surface area contributed by atoms with Crippen LogP contribution in [0.25, 0.3) is 20.9 Å². The molecule has 0 aromatic carbocycles. The van der Waals surface area contributed by atoms with Gasteiger partial charge in [0.2, 0.25) is 5.91 Å². The highest BCUT2D eigenvalue weighted by Crippen LogP contribution is 2.37. The number of amides is 1. The van der Waals surface area contributed by atoms with Gasteiger partial charge >= 0.3 is 0 Å². The van der Waals surface area contributed by atoms with Gasteiger partial charge in [-0.3, -0.25) is 9.69 Å². The summed E-state index contributed by atoms with van der Waals surface area (Å²) in [5.74, 6) is 2.02. The average molecular weight is 442 g/mol. The lowest BCUT2D eigenvalue weighted by Crippen LogP contribution is -2.54. The van der Waals surface area contributed by atoms with E-state index in [1.165, 1.54) is 15.8 Å². The lowest BCUT2D eigenvalue weighted by Gasteiger charge is -2.38. The molecular weight excluding hydrogens is 414 g/mol. The zero-order chi connectivity index (χ0) is 20.8. The maximum atomic E-state index is 12.5. The second-order valence-corrected chi connectivity index (χ2v) is 10.4. The van der Waals surface area contributed by atoms with E-state index in [4.69, 9.17) is 9.97 Å². The van der Waals surface area contributed by atoms with E-state index in [0.29, 0.717) is 6.04 Å². The molecule has 3 aromatic rings. The van der Waals surface area contributed by atoms with Gasteiger partial charge in [0.05, 0.1) is 16.3 Å². The summed E-state index contributed by atoms with van der Waals surface area (Å²) in [6, 6.07) is 4.47. The summed E-state index contributed by atoms with van der Waals surface area (Å²) in [6.07, 6.45) is 2.25. The van der Waals surface area contributed by atoms with Gasteiger partial charge in [0.15, 0.2) is 5.82 Å². The first kappa shape index (κ1) is 19.9. The zero-order valence-electron chi connectivity index (χ0n) is 17.6. The predicted molar refractivity (Wildman–Crippen MR) is 125 cm³/mol. The van der Waals surface area contributed by atoms with Crippen molar-refractivity contribution in [3.8, 4) is 10.7 Å². The van der Waals surface area contributed by atoms with Crippen molar-refractivity contribution in [1.29, 1.82) is 0 Å². The van der Waals surface area contributed by atoms with Crippen molar-refractivity contribution in [2.45, 2.75) is 45.7 Å². The highest BCUT2D eigenvalue weighted by Gasteiger charge is 2.31. The Hall–Kier alpha value is -2.03. The van der Waals surface area contributed by atoms with E-state index < -0.39 is 0 Å². The van der Waals surface area contributed by atoms with E-state index in [9.17, 15) is 4.79 Å². The van der Waals surface area contributed by atoms with Crippen molar-refractivity contribution in [1.82, 2.24) is 20.2 Å². The zero-order valence-corrected chi connectivity index (χ0v) is 19.3. The normalized spacial score (nSPS) is 18.7. The Kier molecular flexibility index (Phi) is 5.24. The quantitative estimate of drug-likeness (QED) is 0.652. The maximum absolute atomic E-state index is 12.5. The number of fused-ring (bicyclic) bond motifs is 1. The Labute approximate surface area is 184 Å². The second-order valence-electron chi connectivity index (χ2n) is 8.29. The van der Waals surface area contributed by atoms with Crippen LogP contribution >= 0.6 is 22.7 Å². The van der Waals surface area contributed by atoms with Crippen molar-refractivity contribution < 1.29 is 4.79 Å². The molecule has 2 fully saturated rings. The summed E-state index contributed by atoms with van der Waals surface area (Å²) < 4.78 is 0. The van der Waals surface area contributed by atoms with Crippen LogP contribution in [0.15, 0.2) is 17.5 Å². The van der Waals surface area contributed by atoms with Crippen LogP contribution in [0.3, 0.4) is 0 Å². The van der Waals surface area contributed by atoms with Gasteiger partial charge in [0, 0.05) is 37.1 Å². The summed E-state index contributed by atoms with van der Waals surface area (Å²) in [4.78, 5) is 30.5. The number of nitrogens with zero attached hydrogens (tertiary/aromatic N) is 4. The van der Waals surface area contributed by atoms with Gasteiger partial charge in [-0.15, -0.1) is 22.7 Å². The summed E-state index contributed by atoms with van der Waals surface area (Å²) in [5.41, 5.74) is 1.28. The molecule has 0 radical (unpaired) electrons. The number of piperazine rings is 1.